The van der Waals surface area contributed by atoms with E-state index in [1.807, 2.05) is 6.26 Å². The molecule has 102 valence electrons. The molecule has 1 aliphatic rings. The van der Waals surface area contributed by atoms with Crippen molar-refractivity contribution in [3.8, 4) is 0 Å². The van der Waals surface area contributed by atoms with Crippen molar-refractivity contribution in [2.24, 2.45) is 5.92 Å². The van der Waals surface area contributed by atoms with Crippen LogP contribution in [0.5, 0.6) is 0 Å². The maximum absolute atomic E-state index is 5.65. The number of furan rings is 1. The van der Waals surface area contributed by atoms with E-state index in [0.717, 1.165) is 31.3 Å². The van der Waals surface area contributed by atoms with Gasteiger partial charge < -0.3 is 9.73 Å². The van der Waals surface area contributed by atoms with Crippen LogP contribution in [0, 0.1) is 5.92 Å². The third-order valence-electron chi connectivity index (χ3n) is 3.85. The molecule has 0 spiro atoms. The molecular weight excluding hydrogens is 224 g/mol. The number of rotatable bonds is 6. The zero-order valence-electron chi connectivity index (χ0n) is 11.7. The lowest BCUT2D eigenvalue weighted by atomic mass is 9.96. The highest BCUT2D eigenvalue weighted by molar-refractivity contribution is 5.12. The summed E-state index contributed by atoms with van der Waals surface area (Å²) in [6, 6.07) is 2.19. The monoisotopic (exact) mass is 250 g/mol. The van der Waals surface area contributed by atoms with Crippen LogP contribution in [-0.2, 0) is 13.1 Å². The summed E-state index contributed by atoms with van der Waals surface area (Å²) in [5, 5.41) is 3.32. The van der Waals surface area contributed by atoms with Gasteiger partial charge in [0.15, 0.2) is 0 Å². The Balaban J connectivity index is 1.83. The van der Waals surface area contributed by atoms with Crippen LogP contribution >= 0.6 is 0 Å². The zero-order chi connectivity index (χ0) is 12.8. The highest BCUT2D eigenvalue weighted by Crippen LogP contribution is 2.21. The fourth-order valence-electron chi connectivity index (χ4n) is 2.72. The van der Waals surface area contributed by atoms with Crippen LogP contribution in [0.4, 0.5) is 0 Å². The molecule has 1 unspecified atom stereocenters. The molecule has 1 aliphatic heterocycles. The molecule has 2 rings (SSSR count). The quantitative estimate of drug-likeness (QED) is 0.841. The average Bonchev–Trinajstić information content (AvgIpc) is 2.84. The topological polar surface area (TPSA) is 28.4 Å². The number of nitrogens with one attached hydrogen (secondary N) is 1. The molecule has 3 nitrogen and oxygen atoms in total. The molecule has 0 aliphatic carbocycles. The second-order valence-electron chi connectivity index (χ2n) is 5.35. The van der Waals surface area contributed by atoms with Gasteiger partial charge in [0.2, 0.25) is 0 Å². The fraction of sp³-hybridized carbons (Fsp3) is 0.733. The van der Waals surface area contributed by atoms with Gasteiger partial charge in [-0.2, -0.15) is 0 Å². The number of hydrogen-bond acceptors (Lipinski definition) is 3. The van der Waals surface area contributed by atoms with E-state index < -0.39 is 0 Å². The van der Waals surface area contributed by atoms with Crippen molar-refractivity contribution < 1.29 is 4.42 Å². The maximum Gasteiger partial charge on any atom is 0.118 e. The van der Waals surface area contributed by atoms with Crippen LogP contribution in [0.1, 0.15) is 44.4 Å². The highest BCUT2D eigenvalue weighted by Gasteiger charge is 2.19. The van der Waals surface area contributed by atoms with Crippen molar-refractivity contribution >= 4 is 0 Å². The van der Waals surface area contributed by atoms with E-state index in [1.54, 1.807) is 0 Å². The molecule has 1 saturated heterocycles. The Hall–Kier alpha value is -0.800. The van der Waals surface area contributed by atoms with Crippen LogP contribution < -0.4 is 5.32 Å². The van der Waals surface area contributed by atoms with E-state index in [0.29, 0.717) is 0 Å². The van der Waals surface area contributed by atoms with Gasteiger partial charge in [0, 0.05) is 18.7 Å². The van der Waals surface area contributed by atoms with Gasteiger partial charge >= 0.3 is 0 Å². The van der Waals surface area contributed by atoms with Crippen LogP contribution in [0.2, 0.25) is 0 Å². The van der Waals surface area contributed by atoms with Crippen LogP contribution in [-0.4, -0.2) is 24.5 Å². The smallest absolute Gasteiger partial charge is 0.118 e. The number of likely N-dealkylation sites (tertiary alicyclic amines) is 1. The van der Waals surface area contributed by atoms with Crippen molar-refractivity contribution in [1.82, 2.24) is 10.2 Å². The molecule has 1 aromatic rings. The average molecular weight is 250 g/mol. The first-order valence-electron chi connectivity index (χ1n) is 7.31. The number of piperidine rings is 1. The van der Waals surface area contributed by atoms with Crippen LogP contribution in [0.15, 0.2) is 16.7 Å². The van der Waals surface area contributed by atoms with Crippen molar-refractivity contribution in [2.45, 2.75) is 46.2 Å². The van der Waals surface area contributed by atoms with Crippen molar-refractivity contribution in [3.63, 3.8) is 0 Å². The van der Waals surface area contributed by atoms with E-state index >= 15 is 0 Å². The summed E-state index contributed by atoms with van der Waals surface area (Å²) in [5.74, 6) is 1.99. The van der Waals surface area contributed by atoms with Gasteiger partial charge in [0.1, 0.15) is 5.76 Å². The summed E-state index contributed by atoms with van der Waals surface area (Å²) >= 11 is 0. The van der Waals surface area contributed by atoms with Gasteiger partial charge in [-0.05, 0) is 37.9 Å². The lowest BCUT2D eigenvalue weighted by Crippen LogP contribution is -2.34. The molecular formula is C15H26N2O. The maximum atomic E-state index is 5.65. The molecule has 0 aromatic carbocycles. The molecule has 3 heteroatoms. The first kappa shape index (κ1) is 13.6. The standard InChI is InChI=1S/C15H26N2O/c1-3-13-6-5-7-17(10-13)11-15-8-14(12-18-15)9-16-4-2/h8,12-13,16H,3-7,9-11H2,1-2H3. The number of nitrogens with zero attached hydrogens (tertiary/aromatic N) is 1. The minimum Gasteiger partial charge on any atom is -0.468 e. The summed E-state index contributed by atoms with van der Waals surface area (Å²) in [7, 11) is 0. The zero-order valence-corrected chi connectivity index (χ0v) is 11.7. The first-order chi connectivity index (χ1) is 8.81. The highest BCUT2D eigenvalue weighted by atomic mass is 16.3. The summed E-state index contributed by atoms with van der Waals surface area (Å²) in [6.45, 7) is 9.78. The lowest BCUT2D eigenvalue weighted by molar-refractivity contribution is 0.154. The molecule has 18 heavy (non-hydrogen) atoms. The first-order valence-corrected chi connectivity index (χ1v) is 7.31. The van der Waals surface area contributed by atoms with Crippen LogP contribution in [0.25, 0.3) is 0 Å². The van der Waals surface area contributed by atoms with Crippen LogP contribution in [0.3, 0.4) is 0 Å². The molecule has 1 aromatic heterocycles. The van der Waals surface area contributed by atoms with Crippen molar-refractivity contribution in [2.75, 3.05) is 19.6 Å². The van der Waals surface area contributed by atoms with Crippen molar-refractivity contribution in [1.29, 1.82) is 0 Å². The van der Waals surface area contributed by atoms with Gasteiger partial charge in [-0.3, -0.25) is 4.90 Å². The molecule has 0 saturated carbocycles. The Bertz CT molecular complexity index is 348. The third kappa shape index (κ3) is 3.85. The largest absolute Gasteiger partial charge is 0.468 e. The van der Waals surface area contributed by atoms with E-state index in [1.165, 1.54) is 37.9 Å². The summed E-state index contributed by atoms with van der Waals surface area (Å²) in [5.41, 5.74) is 1.26. The van der Waals surface area contributed by atoms with Gasteiger partial charge in [0.05, 0.1) is 12.8 Å². The van der Waals surface area contributed by atoms with Gasteiger partial charge in [-0.25, -0.2) is 0 Å². The van der Waals surface area contributed by atoms with Crippen molar-refractivity contribution in [3.05, 3.63) is 23.7 Å². The van der Waals surface area contributed by atoms with Gasteiger partial charge in [-0.1, -0.05) is 20.3 Å². The molecule has 1 atom stereocenters. The molecule has 0 amide bonds. The van der Waals surface area contributed by atoms with E-state index in [9.17, 15) is 0 Å². The van der Waals surface area contributed by atoms with Gasteiger partial charge in [0.25, 0.3) is 0 Å². The summed E-state index contributed by atoms with van der Waals surface area (Å²) in [6.07, 6.45) is 5.93. The summed E-state index contributed by atoms with van der Waals surface area (Å²) in [4.78, 5) is 2.54. The lowest BCUT2D eigenvalue weighted by Gasteiger charge is -2.31. The predicted molar refractivity (Wildman–Crippen MR) is 74.4 cm³/mol. The Morgan fingerprint density at radius 1 is 1.44 bits per heavy atom. The Kier molecular flexibility index (Phi) is 5.26. The van der Waals surface area contributed by atoms with E-state index in [2.05, 4.69) is 30.1 Å². The van der Waals surface area contributed by atoms with E-state index in [4.69, 9.17) is 4.42 Å². The summed E-state index contributed by atoms with van der Waals surface area (Å²) < 4.78 is 5.65. The molecule has 0 radical (unpaired) electrons. The Labute approximate surface area is 111 Å². The fourth-order valence-corrected chi connectivity index (χ4v) is 2.72. The Morgan fingerprint density at radius 2 is 2.33 bits per heavy atom. The SMILES string of the molecule is CCNCc1coc(CN2CCCC(CC)C2)c1. The minimum absolute atomic E-state index is 0.884. The molecule has 1 N–H and O–H groups in total. The molecule has 0 bridgehead atoms. The molecule has 1 fully saturated rings. The third-order valence-corrected chi connectivity index (χ3v) is 3.85. The minimum atomic E-state index is 0.884. The molecule has 2 heterocycles. The normalized spacial score (nSPS) is 21.3. The second-order valence-corrected chi connectivity index (χ2v) is 5.35. The van der Waals surface area contributed by atoms with Gasteiger partial charge in [-0.15, -0.1) is 0 Å². The predicted octanol–water partition coefficient (Wildman–Crippen LogP) is 3.01. The second kappa shape index (κ2) is 6.95. The number of hydrogen-bond donors (Lipinski definition) is 1. The Morgan fingerprint density at radius 3 is 3.11 bits per heavy atom. The van der Waals surface area contributed by atoms with E-state index in [-0.39, 0.29) is 0 Å².